The maximum absolute atomic E-state index is 5.26. The van der Waals surface area contributed by atoms with Gasteiger partial charge < -0.3 is 19.3 Å². The number of ether oxygens (including phenoxy) is 2. The maximum atomic E-state index is 5.26. The highest BCUT2D eigenvalue weighted by Gasteiger charge is 2.12. The molecule has 6 nitrogen and oxygen atoms in total. The number of benzene rings is 1. The summed E-state index contributed by atoms with van der Waals surface area (Å²) in [7, 11) is 3.21. The molecule has 1 N–H and O–H groups in total. The van der Waals surface area contributed by atoms with Gasteiger partial charge in [0.1, 0.15) is 11.5 Å². The molecule has 1 heterocycles. The van der Waals surface area contributed by atoms with Gasteiger partial charge in [0.15, 0.2) is 0 Å². The van der Waals surface area contributed by atoms with Crippen LogP contribution in [0.2, 0.25) is 0 Å². The molecule has 0 aliphatic rings. The van der Waals surface area contributed by atoms with Crippen LogP contribution in [0, 0.1) is 0 Å². The minimum absolute atomic E-state index is 0.414. The van der Waals surface area contributed by atoms with Gasteiger partial charge in [-0.1, -0.05) is 12.1 Å². The molecular weight excluding hydrogens is 270 g/mol. The van der Waals surface area contributed by atoms with E-state index < -0.39 is 0 Å². The summed E-state index contributed by atoms with van der Waals surface area (Å²) in [5, 5.41) is 7.32. The molecule has 21 heavy (non-hydrogen) atoms. The average molecular weight is 291 g/mol. The molecule has 2 aromatic rings. The molecule has 114 valence electrons. The highest BCUT2D eigenvalue weighted by Crippen LogP contribution is 2.28. The van der Waals surface area contributed by atoms with Crippen LogP contribution >= 0.6 is 0 Å². The van der Waals surface area contributed by atoms with Crippen molar-refractivity contribution < 1.29 is 14.0 Å². The number of hydrogen-bond donors (Lipinski definition) is 1. The Morgan fingerprint density at radius 2 is 1.86 bits per heavy atom. The SMILES string of the molecule is CCC(C)NCc1nc(-c2cc(OC)cc(OC)c2)no1. The Labute approximate surface area is 124 Å². The second-order valence-electron chi connectivity index (χ2n) is 4.80. The molecule has 0 saturated carbocycles. The first-order valence-corrected chi connectivity index (χ1v) is 6.95. The number of aromatic nitrogens is 2. The lowest BCUT2D eigenvalue weighted by molar-refractivity contribution is 0.358. The van der Waals surface area contributed by atoms with Gasteiger partial charge in [0, 0.05) is 17.7 Å². The third kappa shape index (κ3) is 3.95. The minimum atomic E-state index is 0.414. The molecule has 1 unspecified atom stereocenters. The Kier molecular flexibility index (Phi) is 5.16. The third-order valence-electron chi connectivity index (χ3n) is 3.29. The number of methoxy groups -OCH3 is 2. The topological polar surface area (TPSA) is 69.4 Å². The quantitative estimate of drug-likeness (QED) is 0.845. The molecule has 1 aromatic carbocycles. The molecule has 1 atom stereocenters. The smallest absolute Gasteiger partial charge is 0.240 e. The van der Waals surface area contributed by atoms with Crippen molar-refractivity contribution in [3.8, 4) is 22.9 Å². The van der Waals surface area contributed by atoms with Crippen molar-refractivity contribution in [2.45, 2.75) is 32.9 Å². The Bertz CT molecular complexity index is 561. The molecule has 0 amide bonds. The molecule has 2 rings (SSSR count). The summed E-state index contributed by atoms with van der Waals surface area (Å²) in [5.41, 5.74) is 0.796. The van der Waals surface area contributed by atoms with Crippen LogP contribution in [0.3, 0.4) is 0 Å². The van der Waals surface area contributed by atoms with E-state index in [1.807, 2.05) is 12.1 Å². The largest absolute Gasteiger partial charge is 0.497 e. The molecule has 1 aromatic heterocycles. The van der Waals surface area contributed by atoms with E-state index in [-0.39, 0.29) is 0 Å². The van der Waals surface area contributed by atoms with E-state index in [1.165, 1.54) is 0 Å². The number of rotatable bonds is 7. The van der Waals surface area contributed by atoms with Crippen LogP contribution in [0.4, 0.5) is 0 Å². The van der Waals surface area contributed by atoms with Gasteiger partial charge in [0.25, 0.3) is 0 Å². The highest BCUT2D eigenvalue weighted by atomic mass is 16.5. The maximum Gasteiger partial charge on any atom is 0.240 e. The van der Waals surface area contributed by atoms with Crippen LogP contribution in [-0.4, -0.2) is 30.4 Å². The van der Waals surface area contributed by atoms with Crippen molar-refractivity contribution in [1.29, 1.82) is 0 Å². The third-order valence-corrected chi connectivity index (χ3v) is 3.29. The number of nitrogens with one attached hydrogen (secondary N) is 1. The van der Waals surface area contributed by atoms with Crippen LogP contribution in [0.1, 0.15) is 26.2 Å². The Hall–Kier alpha value is -2.08. The van der Waals surface area contributed by atoms with Crippen LogP contribution in [0.25, 0.3) is 11.4 Å². The van der Waals surface area contributed by atoms with E-state index in [0.29, 0.717) is 35.8 Å². The zero-order valence-electron chi connectivity index (χ0n) is 12.8. The van der Waals surface area contributed by atoms with Crippen molar-refractivity contribution in [2.24, 2.45) is 0 Å². The van der Waals surface area contributed by atoms with Gasteiger partial charge in [-0.25, -0.2) is 0 Å². The summed E-state index contributed by atoms with van der Waals surface area (Å²) in [6.45, 7) is 4.80. The first-order valence-electron chi connectivity index (χ1n) is 6.95. The number of hydrogen-bond acceptors (Lipinski definition) is 6. The standard InChI is InChI=1S/C15H21N3O3/c1-5-10(2)16-9-14-17-15(18-21-14)11-6-12(19-3)8-13(7-11)20-4/h6-8,10,16H,5,9H2,1-4H3. The van der Waals surface area contributed by atoms with Crippen LogP contribution in [-0.2, 0) is 6.54 Å². The molecule has 0 spiro atoms. The first-order chi connectivity index (χ1) is 10.2. The Balaban J connectivity index is 2.17. The second-order valence-corrected chi connectivity index (χ2v) is 4.80. The predicted molar refractivity (Wildman–Crippen MR) is 79.4 cm³/mol. The minimum Gasteiger partial charge on any atom is -0.497 e. The zero-order valence-corrected chi connectivity index (χ0v) is 12.8. The lowest BCUT2D eigenvalue weighted by Gasteiger charge is -2.07. The lowest BCUT2D eigenvalue weighted by Crippen LogP contribution is -2.24. The molecule has 6 heteroatoms. The van der Waals surface area contributed by atoms with E-state index >= 15 is 0 Å². The van der Waals surface area contributed by atoms with E-state index in [9.17, 15) is 0 Å². The molecule has 0 fully saturated rings. The van der Waals surface area contributed by atoms with Gasteiger partial charge in [-0.15, -0.1) is 0 Å². The first kappa shape index (κ1) is 15.3. The fraction of sp³-hybridized carbons (Fsp3) is 0.467. The van der Waals surface area contributed by atoms with Gasteiger partial charge in [-0.05, 0) is 25.5 Å². The monoisotopic (exact) mass is 291 g/mol. The lowest BCUT2D eigenvalue weighted by atomic mass is 10.2. The van der Waals surface area contributed by atoms with Crippen molar-refractivity contribution >= 4 is 0 Å². The molecule has 0 radical (unpaired) electrons. The van der Waals surface area contributed by atoms with Gasteiger partial charge in [0.05, 0.1) is 20.8 Å². The predicted octanol–water partition coefficient (Wildman–Crippen LogP) is 2.64. The molecular formula is C15H21N3O3. The van der Waals surface area contributed by atoms with Crippen molar-refractivity contribution in [3.05, 3.63) is 24.1 Å². The molecule has 0 aliphatic carbocycles. The molecule has 0 bridgehead atoms. The van der Waals surface area contributed by atoms with Gasteiger partial charge in [-0.3, -0.25) is 0 Å². The van der Waals surface area contributed by atoms with Gasteiger partial charge in [-0.2, -0.15) is 4.98 Å². The summed E-state index contributed by atoms with van der Waals surface area (Å²) in [6.07, 6.45) is 1.05. The molecule has 0 aliphatic heterocycles. The highest BCUT2D eigenvalue weighted by molar-refractivity contribution is 5.60. The van der Waals surface area contributed by atoms with Crippen molar-refractivity contribution in [1.82, 2.24) is 15.5 Å². The van der Waals surface area contributed by atoms with Gasteiger partial charge >= 0.3 is 0 Å². The fourth-order valence-electron chi connectivity index (χ4n) is 1.79. The van der Waals surface area contributed by atoms with Gasteiger partial charge in [0.2, 0.25) is 11.7 Å². The molecule has 0 saturated heterocycles. The van der Waals surface area contributed by atoms with Crippen LogP contribution in [0.5, 0.6) is 11.5 Å². The summed E-state index contributed by atoms with van der Waals surface area (Å²) in [6, 6.07) is 5.91. The van der Waals surface area contributed by atoms with Crippen molar-refractivity contribution in [3.63, 3.8) is 0 Å². The second kappa shape index (κ2) is 7.08. The van der Waals surface area contributed by atoms with Crippen LogP contribution < -0.4 is 14.8 Å². The van der Waals surface area contributed by atoms with E-state index in [2.05, 4.69) is 29.3 Å². The summed E-state index contributed by atoms with van der Waals surface area (Å²) >= 11 is 0. The summed E-state index contributed by atoms with van der Waals surface area (Å²) in [5.74, 6) is 2.46. The van der Waals surface area contributed by atoms with E-state index in [4.69, 9.17) is 14.0 Å². The number of nitrogens with zero attached hydrogens (tertiary/aromatic N) is 2. The van der Waals surface area contributed by atoms with E-state index in [0.717, 1.165) is 12.0 Å². The Morgan fingerprint density at radius 1 is 1.19 bits per heavy atom. The van der Waals surface area contributed by atoms with Crippen molar-refractivity contribution in [2.75, 3.05) is 14.2 Å². The normalized spacial score (nSPS) is 12.2. The van der Waals surface area contributed by atoms with Crippen LogP contribution in [0.15, 0.2) is 22.7 Å². The average Bonchev–Trinajstić information content (AvgIpc) is 3.00. The summed E-state index contributed by atoms with van der Waals surface area (Å²) < 4.78 is 15.7. The van der Waals surface area contributed by atoms with E-state index in [1.54, 1.807) is 20.3 Å². The Morgan fingerprint density at radius 3 is 2.43 bits per heavy atom. The zero-order chi connectivity index (χ0) is 15.2. The fourth-order valence-corrected chi connectivity index (χ4v) is 1.79. The summed E-state index contributed by atoms with van der Waals surface area (Å²) in [4.78, 5) is 4.39.